The highest BCUT2D eigenvalue weighted by Crippen LogP contribution is 2.70. The van der Waals surface area contributed by atoms with Crippen LogP contribution >= 0.6 is 0 Å². The molecule has 2 nitrogen and oxygen atoms in total. The van der Waals surface area contributed by atoms with Crippen molar-refractivity contribution in [3.05, 3.63) is 145 Å². The predicted molar refractivity (Wildman–Crippen MR) is 206 cm³/mol. The van der Waals surface area contributed by atoms with Gasteiger partial charge >= 0.3 is 0 Å². The molecule has 4 bridgehead atoms. The summed E-state index contributed by atoms with van der Waals surface area (Å²) in [6, 6.07) is 49.5. The Morgan fingerprint density at radius 3 is 1.64 bits per heavy atom. The summed E-state index contributed by atoms with van der Waals surface area (Å²) in [6.07, 6.45) is 6.91. The van der Waals surface area contributed by atoms with Gasteiger partial charge in [-0.15, -0.1) is 0 Å². The molecule has 13 rings (SSSR count). The molecule has 2 heteroatoms. The third-order valence-electron chi connectivity index (χ3n) is 13.4. The lowest BCUT2D eigenvalue weighted by molar-refractivity contribution is -0.0393. The Hall–Kier alpha value is -5.34. The van der Waals surface area contributed by atoms with Gasteiger partial charge in [-0.3, -0.25) is 0 Å². The first-order valence-corrected chi connectivity index (χ1v) is 18.6. The molecule has 0 unspecified atom stereocenters. The van der Waals surface area contributed by atoms with Crippen LogP contribution < -0.4 is 0 Å². The van der Waals surface area contributed by atoms with Gasteiger partial charge in [-0.05, 0) is 106 Å². The van der Waals surface area contributed by atoms with Gasteiger partial charge in [-0.1, -0.05) is 127 Å². The molecule has 1 heterocycles. The van der Waals surface area contributed by atoms with Gasteiger partial charge in [-0.25, -0.2) is 9.97 Å². The normalized spacial score (nSPS) is 24.5. The molecule has 50 heavy (non-hydrogen) atoms. The molecule has 1 aromatic heterocycles. The molecule has 5 aliphatic rings. The second-order valence-corrected chi connectivity index (χ2v) is 15.7. The molecule has 238 valence electrons. The van der Waals surface area contributed by atoms with E-state index in [-0.39, 0.29) is 5.41 Å². The zero-order valence-electron chi connectivity index (χ0n) is 27.9. The topological polar surface area (TPSA) is 25.8 Å². The van der Waals surface area contributed by atoms with Crippen LogP contribution in [0, 0.1) is 23.7 Å². The van der Waals surface area contributed by atoms with Gasteiger partial charge in [0.1, 0.15) is 0 Å². The fourth-order valence-electron chi connectivity index (χ4n) is 11.8. The van der Waals surface area contributed by atoms with Crippen molar-refractivity contribution in [2.45, 2.75) is 37.5 Å². The summed E-state index contributed by atoms with van der Waals surface area (Å²) >= 11 is 0. The maximum atomic E-state index is 5.69. The van der Waals surface area contributed by atoms with E-state index in [0.29, 0.717) is 11.8 Å². The van der Waals surface area contributed by atoms with E-state index in [2.05, 4.69) is 133 Å². The van der Waals surface area contributed by atoms with Gasteiger partial charge in [0.2, 0.25) is 0 Å². The standard InChI is InChI=1S/C48H36N2/c1-2-11-31(12-3-1)44-45(50-47-41-17-9-7-15-37(41)36-14-6-8-16-40(36)46(47)49-44)32-19-20-38-39-21-18-30-10-4-5-13-35(30)43(39)48(42(38)27-32)33-23-28-22-29(25-33)26-34(48)24-28/h1-21,27-29,33-34H,22-26H2. The molecule has 0 amide bonds. The number of aromatic nitrogens is 2. The molecule has 4 fully saturated rings. The zero-order valence-corrected chi connectivity index (χ0v) is 27.9. The summed E-state index contributed by atoms with van der Waals surface area (Å²) in [5.74, 6) is 3.17. The first-order chi connectivity index (χ1) is 24.8. The lowest BCUT2D eigenvalue weighted by Gasteiger charge is -2.61. The molecule has 0 saturated heterocycles. The van der Waals surface area contributed by atoms with Gasteiger partial charge in [0, 0.05) is 27.3 Å². The highest BCUT2D eigenvalue weighted by atomic mass is 14.8. The number of fused-ring (bicyclic) bond motifs is 11. The molecular formula is C48H36N2. The SMILES string of the molecule is c1ccc(-c2nc3c4ccccc4c4ccccc4c3nc2-c2ccc3c(c2)C2(c4c-3ccc3ccccc43)C3CC4CC(C3)CC2C4)cc1. The molecular weight excluding hydrogens is 605 g/mol. The minimum absolute atomic E-state index is 0.0506. The molecule has 0 aliphatic heterocycles. The largest absolute Gasteiger partial charge is 0.243 e. The molecule has 7 aromatic carbocycles. The van der Waals surface area contributed by atoms with Crippen molar-refractivity contribution >= 4 is 43.4 Å². The lowest BCUT2D eigenvalue weighted by Crippen LogP contribution is -2.55. The molecule has 0 atom stereocenters. The monoisotopic (exact) mass is 640 g/mol. The second kappa shape index (κ2) is 9.88. The Labute approximate surface area is 291 Å². The van der Waals surface area contributed by atoms with Crippen molar-refractivity contribution in [1.29, 1.82) is 0 Å². The number of rotatable bonds is 2. The molecule has 5 aliphatic carbocycles. The van der Waals surface area contributed by atoms with Gasteiger partial charge in [0.15, 0.2) is 0 Å². The van der Waals surface area contributed by atoms with Crippen LogP contribution in [0.4, 0.5) is 0 Å². The van der Waals surface area contributed by atoms with Gasteiger partial charge in [-0.2, -0.15) is 0 Å². The summed E-state index contributed by atoms with van der Waals surface area (Å²) in [5.41, 5.74) is 12.3. The Bertz CT molecular complexity index is 2700. The van der Waals surface area contributed by atoms with Crippen LogP contribution in [0.3, 0.4) is 0 Å². The quantitative estimate of drug-likeness (QED) is 0.176. The van der Waals surface area contributed by atoms with Gasteiger partial charge < -0.3 is 0 Å². The summed E-state index contributed by atoms with van der Waals surface area (Å²) in [4.78, 5) is 11.3. The van der Waals surface area contributed by atoms with Crippen molar-refractivity contribution in [2.75, 3.05) is 0 Å². The van der Waals surface area contributed by atoms with Crippen LogP contribution in [-0.4, -0.2) is 9.97 Å². The highest BCUT2D eigenvalue weighted by molar-refractivity contribution is 6.23. The number of hydrogen-bond donors (Lipinski definition) is 0. The van der Waals surface area contributed by atoms with Crippen LogP contribution in [0.5, 0.6) is 0 Å². The fourth-order valence-corrected chi connectivity index (χ4v) is 11.8. The average Bonchev–Trinajstić information content (AvgIpc) is 3.47. The van der Waals surface area contributed by atoms with E-state index in [0.717, 1.165) is 50.6 Å². The lowest BCUT2D eigenvalue weighted by atomic mass is 9.43. The number of nitrogens with zero attached hydrogens (tertiary/aromatic N) is 2. The summed E-state index contributed by atoms with van der Waals surface area (Å²) in [5, 5.41) is 7.60. The van der Waals surface area contributed by atoms with Crippen molar-refractivity contribution in [3.63, 3.8) is 0 Å². The summed E-state index contributed by atoms with van der Waals surface area (Å²) in [7, 11) is 0. The van der Waals surface area contributed by atoms with E-state index in [1.807, 2.05) is 0 Å². The van der Waals surface area contributed by atoms with Crippen molar-refractivity contribution in [3.8, 4) is 33.6 Å². The Balaban J connectivity index is 1.17. The third-order valence-corrected chi connectivity index (χ3v) is 13.4. The second-order valence-electron chi connectivity index (χ2n) is 15.7. The third kappa shape index (κ3) is 3.49. The van der Waals surface area contributed by atoms with Gasteiger partial charge in [0.25, 0.3) is 0 Å². The van der Waals surface area contributed by atoms with E-state index in [9.17, 15) is 0 Å². The van der Waals surface area contributed by atoms with Gasteiger partial charge in [0.05, 0.1) is 22.4 Å². The van der Waals surface area contributed by atoms with Crippen LogP contribution in [0.25, 0.3) is 77.0 Å². The summed E-state index contributed by atoms with van der Waals surface area (Å²) in [6.45, 7) is 0. The Morgan fingerprint density at radius 2 is 0.980 bits per heavy atom. The Morgan fingerprint density at radius 1 is 0.440 bits per heavy atom. The molecule has 0 radical (unpaired) electrons. The Kier molecular flexibility index (Phi) is 5.43. The molecule has 4 saturated carbocycles. The van der Waals surface area contributed by atoms with E-state index >= 15 is 0 Å². The maximum absolute atomic E-state index is 5.69. The minimum Gasteiger partial charge on any atom is -0.243 e. The predicted octanol–water partition coefficient (Wildman–Crippen LogP) is 12.1. The molecule has 0 N–H and O–H groups in total. The summed E-state index contributed by atoms with van der Waals surface area (Å²) < 4.78 is 0. The highest BCUT2D eigenvalue weighted by Gasteiger charge is 2.62. The molecule has 1 spiro atoms. The number of benzene rings is 7. The maximum Gasteiger partial charge on any atom is 0.0979 e. The zero-order chi connectivity index (χ0) is 32.6. The average molecular weight is 641 g/mol. The minimum atomic E-state index is 0.0506. The van der Waals surface area contributed by atoms with Crippen molar-refractivity contribution in [1.82, 2.24) is 9.97 Å². The van der Waals surface area contributed by atoms with E-state index in [1.54, 1.807) is 11.1 Å². The van der Waals surface area contributed by atoms with Crippen molar-refractivity contribution in [2.24, 2.45) is 23.7 Å². The number of hydrogen-bond acceptors (Lipinski definition) is 2. The first-order valence-electron chi connectivity index (χ1n) is 18.6. The van der Waals surface area contributed by atoms with Crippen LogP contribution in [0.2, 0.25) is 0 Å². The fraction of sp³-hybridized carbons (Fsp3) is 0.208. The van der Waals surface area contributed by atoms with Crippen LogP contribution in [0.1, 0.15) is 43.2 Å². The van der Waals surface area contributed by atoms with Crippen LogP contribution in [-0.2, 0) is 5.41 Å². The van der Waals surface area contributed by atoms with Crippen molar-refractivity contribution < 1.29 is 0 Å². The van der Waals surface area contributed by atoms with Crippen LogP contribution in [0.15, 0.2) is 133 Å². The molecule has 8 aromatic rings. The van der Waals surface area contributed by atoms with E-state index in [4.69, 9.17) is 9.97 Å². The smallest absolute Gasteiger partial charge is 0.0979 e. The van der Waals surface area contributed by atoms with E-state index in [1.165, 1.54) is 70.3 Å². The first kappa shape index (κ1) is 27.5. The van der Waals surface area contributed by atoms with E-state index < -0.39 is 0 Å².